The van der Waals surface area contributed by atoms with Crippen LogP contribution in [0.15, 0.2) is 35.5 Å². The van der Waals surface area contributed by atoms with Crippen molar-refractivity contribution in [2.75, 3.05) is 0 Å². The van der Waals surface area contributed by atoms with E-state index in [1.54, 1.807) is 0 Å². The fourth-order valence-electron chi connectivity index (χ4n) is 2.21. The summed E-state index contributed by atoms with van der Waals surface area (Å²) in [7, 11) is 0. The van der Waals surface area contributed by atoms with Crippen LogP contribution in [0.25, 0.3) is 0 Å². The third-order valence-electron chi connectivity index (χ3n) is 3.31. The molecule has 2 rings (SSSR count). The van der Waals surface area contributed by atoms with E-state index in [4.69, 9.17) is 0 Å². The van der Waals surface area contributed by atoms with Crippen molar-refractivity contribution in [2.45, 2.75) is 26.7 Å². The van der Waals surface area contributed by atoms with Crippen LogP contribution in [-0.4, -0.2) is 5.78 Å². The quantitative estimate of drug-likeness (QED) is 0.534. The Balaban J connectivity index is 2.39. The maximum Gasteiger partial charge on any atom is 0.147 e. The van der Waals surface area contributed by atoms with E-state index in [9.17, 15) is 4.79 Å². The van der Waals surface area contributed by atoms with E-state index >= 15 is 0 Å². The molecule has 1 heteroatoms. The minimum absolute atomic E-state index is 0.118. The molecule has 0 spiro atoms. The number of fused-ring (bicyclic) bond motifs is 2. The van der Waals surface area contributed by atoms with Gasteiger partial charge >= 0.3 is 0 Å². The smallest absolute Gasteiger partial charge is 0.147 e. The maximum absolute atomic E-state index is 12.0. The Labute approximate surface area is 85.2 Å². The minimum Gasteiger partial charge on any atom is -0.298 e. The standard InChI is InChI=1S/C13H16O/c1-9-7-11-5-3-4-6-12(13(11)14)8-10(9)2/h3-6,11-12H,7-8H2,1-2H3. The highest BCUT2D eigenvalue weighted by Crippen LogP contribution is 2.31. The van der Waals surface area contributed by atoms with Gasteiger partial charge in [-0.25, -0.2) is 0 Å². The lowest BCUT2D eigenvalue weighted by molar-refractivity contribution is -0.123. The molecule has 0 radical (unpaired) electrons. The van der Waals surface area contributed by atoms with Gasteiger partial charge in [0, 0.05) is 11.8 Å². The third-order valence-corrected chi connectivity index (χ3v) is 3.31. The van der Waals surface area contributed by atoms with Gasteiger partial charge in [-0.3, -0.25) is 4.79 Å². The largest absolute Gasteiger partial charge is 0.298 e. The Hall–Kier alpha value is -1.11. The summed E-state index contributed by atoms with van der Waals surface area (Å²) in [6.07, 6.45) is 9.94. The van der Waals surface area contributed by atoms with Crippen molar-refractivity contribution in [1.82, 2.24) is 0 Å². The molecular weight excluding hydrogens is 172 g/mol. The first-order valence-corrected chi connectivity index (χ1v) is 5.22. The first-order chi connectivity index (χ1) is 6.68. The van der Waals surface area contributed by atoms with E-state index in [0.717, 1.165) is 12.8 Å². The predicted molar refractivity (Wildman–Crippen MR) is 57.9 cm³/mol. The van der Waals surface area contributed by atoms with Gasteiger partial charge in [-0.1, -0.05) is 35.5 Å². The second kappa shape index (κ2) is 3.56. The average molecular weight is 188 g/mol. The Kier molecular flexibility index (Phi) is 2.40. The number of allylic oxidation sites excluding steroid dienone is 6. The van der Waals surface area contributed by atoms with E-state index in [1.165, 1.54) is 11.1 Å². The molecule has 1 nitrogen and oxygen atoms in total. The zero-order valence-electron chi connectivity index (χ0n) is 8.79. The van der Waals surface area contributed by atoms with E-state index in [2.05, 4.69) is 13.8 Å². The molecule has 0 N–H and O–H groups in total. The van der Waals surface area contributed by atoms with Crippen LogP contribution in [0.3, 0.4) is 0 Å². The normalized spacial score (nSPS) is 31.7. The van der Waals surface area contributed by atoms with Gasteiger partial charge in [0.1, 0.15) is 5.78 Å². The summed E-state index contributed by atoms with van der Waals surface area (Å²) in [5, 5.41) is 0. The number of hydrogen-bond donors (Lipinski definition) is 0. The predicted octanol–water partition coefficient (Wildman–Crippen LogP) is 3.04. The molecule has 2 atom stereocenters. The van der Waals surface area contributed by atoms with Gasteiger partial charge in [0.2, 0.25) is 0 Å². The number of carbonyl (C=O) groups excluding carboxylic acids is 1. The van der Waals surface area contributed by atoms with Crippen molar-refractivity contribution in [1.29, 1.82) is 0 Å². The second-order valence-electron chi connectivity index (χ2n) is 4.35. The molecule has 0 aliphatic heterocycles. The zero-order valence-corrected chi connectivity index (χ0v) is 8.79. The number of hydrogen-bond acceptors (Lipinski definition) is 1. The second-order valence-corrected chi connectivity index (χ2v) is 4.35. The molecule has 14 heavy (non-hydrogen) atoms. The fourth-order valence-corrected chi connectivity index (χ4v) is 2.21. The van der Waals surface area contributed by atoms with Gasteiger partial charge in [0.15, 0.2) is 0 Å². The summed E-state index contributed by atoms with van der Waals surface area (Å²) in [4.78, 5) is 12.0. The van der Waals surface area contributed by atoms with Crippen LogP contribution in [0, 0.1) is 11.8 Å². The molecule has 0 aromatic carbocycles. The number of Topliss-reactive ketones (excluding diaryl/α,β-unsaturated/α-hetero) is 1. The van der Waals surface area contributed by atoms with Crippen molar-refractivity contribution in [3.05, 3.63) is 35.5 Å². The van der Waals surface area contributed by atoms with E-state index in [-0.39, 0.29) is 11.8 Å². The molecule has 0 saturated carbocycles. The summed E-state index contributed by atoms with van der Waals surface area (Å²) in [5.74, 6) is 0.631. The molecule has 74 valence electrons. The van der Waals surface area contributed by atoms with E-state index in [0.29, 0.717) is 5.78 Å². The third kappa shape index (κ3) is 1.59. The van der Waals surface area contributed by atoms with Crippen LogP contribution >= 0.6 is 0 Å². The minimum atomic E-state index is 0.118. The van der Waals surface area contributed by atoms with E-state index in [1.807, 2.05) is 24.3 Å². The number of ketones is 1. The Morgan fingerprint density at radius 3 is 1.86 bits per heavy atom. The SMILES string of the molecule is CC1=C(C)CC2C=CC=CC(C1)C2=O. The zero-order chi connectivity index (χ0) is 10.1. The summed E-state index contributed by atoms with van der Waals surface area (Å²) in [6.45, 7) is 4.30. The molecule has 0 amide bonds. The number of carbonyl (C=O) groups is 1. The van der Waals surface area contributed by atoms with Crippen LogP contribution < -0.4 is 0 Å². The molecule has 0 aromatic heterocycles. The summed E-state index contributed by atoms with van der Waals surface area (Å²) in [5.41, 5.74) is 2.79. The van der Waals surface area contributed by atoms with Crippen LogP contribution in [0.5, 0.6) is 0 Å². The average Bonchev–Trinajstić information content (AvgIpc) is 2.37. The van der Waals surface area contributed by atoms with Crippen molar-refractivity contribution in [3.63, 3.8) is 0 Å². The van der Waals surface area contributed by atoms with Gasteiger partial charge in [0.25, 0.3) is 0 Å². The van der Waals surface area contributed by atoms with Crippen molar-refractivity contribution in [3.8, 4) is 0 Å². The summed E-state index contributed by atoms with van der Waals surface area (Å²) in [6, 6.07) is 0. The van der Waals surface area contributed by atoms with Crippen molar-refractivity contribution < 1.29 is 4.79 Å². The molecule has 0 fully saturated rings. The van der Waals surface area contributed by atoms with Gasteiger partial charge in [0.05, 0.1) is 0 Å². The topological polar surface area (TPSA) is 17.1 Å². The molecule has 2 aliphatic rings. The first kappa shape index (κ1) is 9.45. The van der Waals surface area contributed by atoms with Gasteiger partial charge < -0.3 is 0 Å². The van der Waals surface area contributed by atoms with Crippen molar-refractivity contribution >= 4 is 5.78 Å². The highest BCUT2D eigenvalue weighted by Gasteiger charge is 2.28. The lowest BCUT2D eigenvalue weighted by atomic mass is 9.91. The highest BCUT2D eigenvalue weighted by atomic mass is 16.1. The fraction of sp³-hybridized carbons (Fsp3) is 0.462. The Morgan fingerprint density at radius 2 is 1.43 bits per heavy atom. The lowest BCUT2D eigenvalue weighted by Crippen LogP contribution is -2.18. The molecule has 0 heterocycles. The van der Waals surface area contributed by atoms with Gasteiger partial charge in [-0.05, 0) is 26.7 Å². The monoisotopic (exact) mass is 188 g/mol. The lowest BCUT2D eigenvalue weighted by Gasteiger charge is -2.11. The first-order valence-electron chi connectivity index (χ1n) is 5.22. The van der Waals surface area contributed by atoms with Crippen molar-refractivity contribution in [2.24, 2.45) is 11.8 Å². The maximum atomic E-state index is 12.0. The van der Waals surface area contributed by atoms with E-state index < -0.39 is 0 Å². The van der Waals surface area contributed by atoms with Crippen LogP contribution in [-0.2, 0) is 4.79 Å². The molecule has 0 saturated heterocycles. The molecule has 2 unspecified atom stereocenters. The van der Waals surface area contributed by atoms with Crippen LogP contribution in [0.1, 0.15) is 26.7 Å². The van der Waals surface area contributed by atoms with Crippen LogP contribution in [0.4, 0.5) is 0 Å². The molecular formula is C13H16O. The molecule has 0 aromatic rings. The van der Waals surface area contributed by atoms with Gasteiger partial charge in [-0.15, -0.1) is 0 Å². The molecule has 2 bridgehead atoms. The van der Waals surface area contributed by atoms with Gasteiger partial charge in [-0.2, -0.15) is 0 Å². The molecule has 2 aliphatic carbocycles. The Bertz CT molecular complexity index is 312. The van der Waals surface area contributed by atoms with Crippen LogP contribution in [0.2, 0.25) is 0 Å². The highest BCUT2D eigenvalue weighted by molar-refractivity contribution is 5.88. The Morgan fingerprint density at radius 1 is 1.00 bits per heavy atom. The number of rotatable bonds is 0. The summed E-state index contributed by atoms with van der Waals surface area (Å²) < 4.78 is 0. The summed E-state index contributed by atoms with van der Waals surface area (Å²) >= 11 is 0.